The molecule has 0 aliphatic rings. The van der Waals surface area contributed by atoms with Crippen molar-refractivity contribution in [2.45, 2.75) is 63.7 Å². The summed E-state index contributed by atoms with van der Waals surface area (Å²) in [5.74, 6) is -11.2. The number of carbonyl (C=O) groups is 8. The van der Waals surface area contributed by atoms with Gasteiger partial charge in [-0.25, -0.2) is 13.8 Å². The first-order valence-corrected chi connectivity index (χ1v) is 17.5. The summed E-state index contributed by atoms with van der Waals surface area (Å²) in [6.45, 7) is 2.08. The fraction of sp³-hybridized carbons (Fsp3) is 0.395. The number of fused-ring (bicyclic) bond motifs is 1. The van der Waals surface area contributed by atoms with Crippen LogP contribution in [-0.2, 0) is 47.8 Å². The molecule has 0 aliphatic carbocycles. The van der Waals surface area contributed by atoms with E-state index in [0.717, 1.165) is 44.9 Å². The number of aromatic nitrogens is 1. The van der Waals surface area contributed by atoms with Crippen LogP contribution >= 0.6 is 0 Å². The van der Waals surface area contributed by atoms with Crippen molar-refractivity contribution >= 4 is 58.2 Å². The zero-order valence-electron chi connectivity index (χ0n) is 31.7. The molecular formula is C38H43F2N5O12. The maximum absolute atomic E-state index is 14.1. The molecule has 0 bridgehead atoms. The maximum atomic E-state index is 14.1. The number of rotatable bonds is 20. The number of hydrogen-bond donors (Lipinski definition) is 4. The van der Waals surface area contributed by atoms with Gasteiger partial charge in [0, 0.05) is 11.8 Å². The van der Waals surface area contributed by atoms with Gasteiger partial charge in [-0.1, -0.05) is 44.2 Å². The van der Waals surface area contributed by atoms with Crippen molar-refractivity contribution in [3.8, 4) is 5.75 Å². The number of carbonyl (C=O) groups excluding carboxylic acids is 8. The largest absolute Gasteiger partial charge is 0.480 e. The lowest BCUT2D eigenvalue weighted by molar-refractivity contribution is -0.144. The molecule has 4 N–H and O–H groups in total. The van der Waals surface area contributed by atoms with Gasteiger partial charge in [-0.2, -0.15) is 0 Å². The minimum atomic E-state index is -1.65. The number of nitrogens with one attached hydrogen (secondary N) is 4. The van der Waals surface area contributed by atoms with E-state index in [1.165, 1.54) is 19.9 Å². The van der Waals surface area contributed by atoms with E-state index >= 15 is 0 Å². The standard InChI is InChI=1S/C38H43F2N5O12/c1-20(2)33(38(53)43-27(17-31(48)55-4)29(46)19-57-34-22(39)10-8-11-23(34)40)45-36(51)26(15-16-30(47)54-3)42-37(52)28(18-32(49)56-5)44-35(50)25-14-13-21-9-6-7-12-24(21)41-25/h6-14,20,26-28,33H,15-19H2,1-5H3,(H,42,52)(H,43,53)(H,44,50)(H,45,51). The van der Waals surface area contributed by atoms with E-state index in [9.17, 15) is 47.1 Å². The lowest BCUT2D eigenvalue weighted by Gasteiger charge is -2.27. The predicted molar refractivity (Wildman–Crippen MR) is 195 cm³/mol. The molecule has 0 saturated heterocycles. The smallest absolute Gasteiger partial charge is 0.308 e. The topological polar surface area (TPSA) is 234 Å². The molecule has 2 aromatic carbocycles. The number of Topliss-reactive ketones (excluding diaryl/α,β-unsaturated/α-hetero) is 1. The van der Waals surface area contributed by atoms with Gasteiger partial charge in [0.25, 0.3) is 5.91 Å². The van der Waals surface area contributed by atoms with Gasteiger partial charge in [-0.15, -0.1) is 0 Å². The van der Waals surface area contributed by atoms with Gasteiger partial charge in [0.1, 0.15) is 36.5 Å². The second kappa shape index (κ2) is 21.5. The van der Waals surface area contributed by atoms with Crippen molar-refractivity contribution in [1.29, 1.82) is 0 Å². The summed E-state index contributed by atoms with van der Waals surface area (Å²) in [6, 6.07) is 6.58. The zero-order valence-corrected chi connectivity index (χ0v) is 31.7. The van der Waals surface area contributed by atoms with Crippen molar-refractivity contribution in [1.82, 2.24) is 26.3 Å². The van der Waals surface area contributed by atoms with Crippen LogP contribution in [0.4, 0.5) is 8.78 Å². The van der Waals surface area contributed by atoms with Gasteiger partial charge in [-0.3, -0.25) is 38.4 Å². The first-order valence-electron chi connectivity index (χ1n) is 17.5. The predicted octanol–water partition coefficient (Wildman–Crippen LogP) is 1.45. The van der Waals surface area contributed by atoms with Crippen molar-refractivity contribution in [3.05, 3.63) is 71.9 Å². The molecule has 3 rings (SSSR count). The number of ketones is 1. The van der Waals surface area contributed by atoms with Crippen molar-refractivity contribution in [2.75, 3.05) is 27.9 Å². The Bertz CT molecular complexity index is 1960. The van der Waals surface area contributed by atoms with Crippen LogP contribution in [0.15, 0.2) is 54.6 Å². The lowest BCUT2D eigenvalue weighted by atomic mass is 10.0. The molecule has 19 heteroatoms. The third-order valence-electron chi connectivity index (χ3n) is 8.38. The minimum absolute atomic E-state index is 0.0860. The van der Waals surface area contributed by atoms with E-state index in [1.807, 2.05) is 0 Å². The fourth-order valence-corrected chi connectivity index (χ4v) is 5.20. The molecule has 0 radical (unpaired) electrons. The van der Waals surface area contributed by atoms with Gasteiger partial charge < -0.3 is 40.2 Å². The third kappa shape index (κ3) is 13.3. The summed E-state index contributed by atoms with van der Waals surface area (Å²) in [6.07, 6.45) is -2.17. The summed E-state index contributed by atoms with van der Waals surface area (Å²) in [5.41, 5.74) is 0.395. The van der Waals surface area contributed by atoms with E-state index < -0.39 is 121 Å². The summed E-state index contributed by atoms with van der Waals surface area (Å²) in [4.78, 5) is 108. The Labute approximate surface area is 325 Å². The van der Waals surface area contributed by atoms with Crippen LogP contribution in [0, 0.1) is 17.6 Å². The Morgan fingerprint density at radius 1 is 0.649 bits per heavy atom. The lowest BCUT2D eigenvalue weighted by Crippen LogP contribution is -2.59. The number of ether oxygens (including phenoxy) is 4. The normalized spacial score (nSPS) is 12.9. The Hall–Kier alpha value is -6.53. The van der Waals surface area contributed by atoms with Crippen LogP contribution in [0.2, 0.25) is 0 Å². The molecule has 4 unspecified atom stereocenters. The second-order valence-electron chi connectivity index (χ2n) is 12.7. The third-order valence-corrected chi connectivity index (χ3v) is 8.38. The van der Waals surface area contributed by atoms with E-state index in [1.54, 1.807) is 30.3 Å². The molecule has 0 aliphatic heterocycles. The van der Waals surface area contributed by atoms with Crippen LogP contribution in [0.25, 0.3) is 10.9 Å². The van der Waals surface area contributed by atoms with E-state index in [-0.39, 0.29) is 12.1 Å². The molecule has 1 aromatic heterocycles. The van der Waals surface area contributed by atoms with Crippen molar-refractivity contribution in [3.63, 3.8) is 0 Å². The number of amides is 4. The molecule has 306 valence electrons. The quantitative estimate of drug-likeness (QED) is 0.0938. The summed E-state index contributed by atoms with van der Waals surface area (Å²) in [5, 5.41) is 10.3. The second-order valence-corrected chi connectivity index (χ2v) is 12.7. The van der Waals surface area contributed by atoms with E-state index in [4.69, 9.17) is 4.74 Å². The molecule has 3 aromatic rings. The highest BCUT2D eigenvalue weighted by Gasteiger charge is 2.35. The number of esters is 3. The Kier molecular flexibility index (Phi) is 16.9. The molecule has 4 atom stereocenters. The Morgan fingerprint density at radius 2 is 1.23 bits per heavy atom. The molecular weight excluding hydrogens is 756 g/mol. The highest BCUT2D eigenvalue weighted by atomic mass is 19.1. The Morgan fingerprint density at radius 3 is 1.84 bits per heavy atom. The van der Waals surface area contributed by atoms with Crippen LogP contribution < -0.4 is 26.0 Å². The maximum Gasteiger partial charge on any atom is 0.308 e. The van der Waals surface area contributed by atoms with E-state index in [0.29, 0.717) is 5.52 Å². The SMILES string of the molecule is COC(=O)CCC(NC(=O)C(CC(=O)OC)NC(=O)c1ccc2ccccc2n1)C(=O)NC(C(=O)NC(CC(=O)OC)C(=O)COc1c(F)cccc1F)C(C)C. The van der Waals surface area contributed by atoms with Gasteiger partial charge in [-0.05, 0) is 36.6 Å². The Balaban J connectivity index is 1.82. The average molecular weight is 800 g/mol. The molecule has 17 nitrogen and oxygen atoms in total. The number of pyridine rings is 1. The van der Waals surface area contributed by atoms with Gasteiger partial charge in [0.15, 0.2) is 23.2 Å². The highest BCUT2D eigenvalue weighted by molar-refractivity contribution is 6.00. The van der Waals surface area contributed by atoms with Crippen LogP contribution in [0.5, 0.6) is 5.75 Å². The summed E-state index contributed by atoms with van der Waals surface area (Å²) in [7, 11) is 3.19. The number of benzene rings is 2. The van der Waals surface area contributed by atoms with Crippen molar-refractivity contribution < 1.29 is 66.1 Å². The molecule has 0 fully saturated rings. The highest BCUT2D eigenvalue weighted by Crippen LogP contribution is 2.21. The molecule has 0 saturated carbocycles. The number of methoxy groups -OCH3 is 3. The molecule has 0 spiro atoms. The molecule has 1 heterocycles. The van der Waals surface area contributed by atoms with Crippen LogP contribution in [0.1, 0.15) is 50.0 Å². The fourth-order valence-electron chi connectivity index (χ4n) is 5.20. The van der Waals surface area contributed by atoms with Gasteiger partial charge in [0.05, 0.1) is 39.7 Å². The monoisotopic (exact) mass is 799 g/mol. The number of halogens is 2. The van der Waals surface area contributed by atoms with Crippen LogP contribution in [-0.4, -0.2) is 104 Å². The number of para-hydroxylation sites is 2. The molecule has 4 amide bonds. The zero-order chi connectivity index (χ0) is 42.2. The summed E-state index contributed by atoms with van der Waals surface area (Å²) < 4.78 is 47.2. The summed E-state index contributed by atoms with van der Waals surface area (Å²) >= 11 is 0. The minimum Gasteiger partial charge on any atom is -0.480 e. The van der Waals surface area contributed by atoms with Crippen molar-refractivity contribution in [2.24, 2.45) is 5.92 Å². The van der Waals surface area contributed by atoms with Gasteiger partial charge in [0.2, 0.25) is 17.7 Å². The average Bonchev–Trinajstić information content (AvgIpc) is 3.19. The first-order chi connectivity index (χ1) is 27.1. The number of hydrogen-bond acceptors (Lipinski definition) is 13. The first kappa shape index (κ1) is 44.9. The van der Waals surface area contributed by atoms with E-state index in [2.05, 4.69) is 40.5 Å². The number of nitrogens with zero attached hydrogens (tertiary/aromatic N) is 1. The van der Waals surface area contributed by atoms with Crippen LogP contribution in [0.3, 0.4) is 0 Å². The molecule has 57 heavy (non-hydrogen) atoms. The van der Waals surface area contributed by atoms with Gasteiger partial charge >= 0.3 is 17.9 Å².